The van der Waals surface area contributed by atoms with Crippen LogP contribution in [0.15, 0.2) is 30.6 Å². The lowest BCUT2D eigenvalue weighted by molar-refractivity contribution is -0.0394. The molecule has 20 heavy (non-hydrogen) atoms. The van der Waals surface area contributed by atoms with E-state index in [0.29, 0.717) is 0 Å². The minimum atomic E-state index is 0.0928. The average molecular weight is 270 g/mol. The average Bonchev–Trinajstić information content (AvgIpc) is 3.17. The Bertz CT molecular complexity index is 615. The van der Waals surface area contributed by atoms with Gasteiger partial charge in [0, 0.05) is 30.4 Å². The Morgan fingerprint density at radius 3 is 3.10 bits per heavy atom. The number of aromatic nitrogens is 2. The van der Waals surface area contributed by atoms with E-state index in [1.165, 1.54) is 12.0 Å². The van der Waals surface area contributed by atoms with Gasteiger partial charge in [-0.25, -0.2) is 4.68 Å². The van der Waals surface area contributed by atoms with Crippen molar-refractivity contribution in [3.8, 4) is 16.9 Å². The fraction of sp³-hybridized carbons (Fsp3) is 0.438. The van der Waals surface area contributed by atoms with Crippen molar-refractivity contribution in [3.05, 3.63) is 36.2 Å². The second kappa shape index (κ2) is 4.94. The molecule has 2 aromatic rings. The van der Waals surface area contributed by atoms with Crippen LogP contribution in [0, 0.1) is 0 Å². The Morgan fingerprint density at radius 1 is 1.20 bits per heavy atom. The van der Waals surface area contributed by atoms with Gasteiger partial charge in [-0.05, 0) is 24.8 Å². The van der Waals surface area contributed by atoms with Crippen LogP contribution in [-0.4, -0.2) is 23.0 Å². The number of nitrogens with zero attached hydrogens (tertiary/aromatic N) is 2. The van der Waals surface area contributed by atoms with Crippen molar-refractivity contribution in [2.45, 2.75) is 31.9 Å². The van der Waals surface area contributed by atoms with Crippen LogP contribution in [0.3, 0.4) is 0 Å². The van der Waals surface area contributed by atoms with Gasteiger partial charge in [-0.15, -0.1) is 0 Å². The van der Waals surface area contributed by atoms with Crippen molar-refractivity contribution in [2.75, 3.05) is 13.2 Å². The maximum atomic E-state index is 5.78. The minimum Gasteiger partial charge on any atom is -0.492 e. The van der Waals surface area contributed by atoms with Gasteiger partial charge >= 0.3 is 0 Å². The van der Waals surface area contributed by atoms with Gasteiger partial charge in [-0.3, -0.25) is 0 Å². The highest BCUT2D eigenvalue weighted by molar-refractivity contribution is 5.71. The van der Waals surface area contributed by atoms with Crippen LogP contribution in [0.4, 0.5) is 0 Å². The molecule has 2 aliphatic heterocycles. The number of benzene rings is 1. The van der Waals surface area contributed by atoms with Crippen LogP contribution in [0.25, 0.3) is 11.1 Å². The predicted molar refractivity (Wildman–Crippen MR) is 75.7 cm³/mol. The van der Waals surface area contributed by atoms with Crippen LogP contribution >= 0.6 is 0 Å². The van der Waals surface area contributed by atoms with Gasteiger partial charge in [-0.1, -0.05) is 18.2 Å². The molecule has 4 rings (SSSR count). The normalized spacial score (nSPS) is 21.5. The minimum absolute atomic E-state index is 0.0928. The van der Waals surface area contributed by atoms with Gasteiger partial charge in [0.05, 0.1) is 12.8 Å². The van der Waals surface area contributed by atoms with E-state index in [4.69, 9.17) is 9.47 Å². The van der Waals surface area contributed by atoms with Crippen LogP contribution in [0.5, 0.6) is 5.75 Å². The SMILES string of the molecule is c1cc2c(c(-c3cnn(C4CCCCO4)c3)c1)OCC2. The number of hydrogen-bond donors (Lipinski definition) is 0. The number of fused-ring (bicyclic) bond motifs is 1. The summed E-state index contributed by atoms with van der Waals surface area (Å²) in [5.41, 5.74) is 3.55. The van der Waals surface area contributed by atoms with E-state index in [-0.39, 0.29) is 6.23 Å². The summed E-state index contributed by atoms with van der Waals surface area (Å²) < 4.78 is 13.5. The molecule has 1 fully saturated rings. The van der Waals surface area contributed by atoms with Crippen molar-refractivity contribution in [2.24, 2.45) is 0 Å². The summed E-state index contributed by atoms with van der Waals surface area (Å²) >= 11 is 0. The highest BCUT2D eigenvalue weighted by atomic mass is 16.5. The highest BCUT2D eigenvalue weighted by Crippen LogP contribution is 2.37. The zero-order valence-corrected chi connectivity index (χ0v) is 11.4. The summed E-state index contributed by atoms with van der Waals surface area (Å²) in [5.74, 6) is 1.02. The molecule has 4 nitrogen and oxygen atoms in total. The Morgan fingerprint density at radius 2 is 2.20 bits per heavy atom. The monoisotopic (exact) mass is 270 g/mol. The van der Waals surface area contributed by atoms with Gasteiger partial charge < -0.3 is 9.47 Å². The smallest absolute Gasteiger partial charge is 0.150 e. The maximum absolute atomic E-state index is 5.78. The number of ether oxygens (including phenoxy) is 2. The lowest BCUT2D eigenvalue weighted by Crippen LogP contribution is -2.18. The van der Waals surface area contributed by atoms with E-state index in [1.54, 1.807) is 0 Å². The molecule has 1 saturated heterocycles. The summed E-state index contributed by atoms with van der Waals surface area (Å²) in [5, 5.41) is 4.48. The summed E-state index contributed by atoms with van der Waals surface area (Å²) in [7, 11) is 0. The molecule has 0 amide bonds. The molecular weight excluding hydrogens is 252 g/mol. The third-order valence-corrected chi connectivity index (χ3v) is 4.08. The zero-order valence-electron chi connectivity index (χ0n) is 11.4. The number of para-hydroxylation sites is 1. The van der Waals surface area contributed by atoms with E-state index in [0.717, 1.165) is 49.4 Å². The Labute approximate surface area is 118 Å². The van der Waals surface area contributed by atoms with Gasteiger partial charge in [0.25, 0.3) is 0 Å². The van der Waals surface area contributed by atoms with E-state index in [9.17, 15) is 0 Å². The van der Waals surface area contributed by atoms with Crippen molar-refractivity contribution in [3.63, 3.8) is 0 Å². The van der Waals surface area contributed by atoms with Crippen molar-refractivity contribution in [1.82, 2.24) is 9.78 Å². The maximum Gasteiger partial charge on any atom is 0.150 e. The largest absolute Gasteiger partial charge is 0.492 e. The Balaban J connectivity index is 1.66. The Kier molecular flexibility index (Phi) is 2.96. The molecule has 0 spiro atoms. The first-order chi connectivity index (χ1) is 9.92. The van der Waals surface area contributed by atoms with Gasteiger partial charge in [0.1, 0.15) is 12.0 Å². The van der Waals surface area contributed by atoms with E-state index < -0.39 is 0 Å². The van der Waals surface area contributed by atoms with Gasteiger partial charge in [0.15, 0.2) is 0 Å². The first kappa shape index (κ1) is 12.0. The molecule has 0 radical (unpaired) electrons. The summed E-state index contributed by atoms with van der Waals surface area (Å²) in [6.45, 7) is 1.62. The summed E-state index contributed by atoms with van der Waals surface area (Å²) in [4.78, 5) is 0. The lowest BCUT2D eigenvalue weighted by atomic mass is 10.0. The van der Waals surface area contributed by atoms with Gasteiger partial charge in [0.2, 0.25) is 0 Å². The van der Waals surface area contributed by atoms with Crippen LogP contribution in [-0.2, 0) is 11.2 Å². The molecule has 1 atom stereocenters. The second-order valence-corrected chi connectivity index (χ2v) is 5.42. The quantitative estimate of drug-likeness (QED) is 0.841. The van der Waals surface area contributed by atoms with Crippen LogP contribution in [0.2, 0.25) is 0 Å². The standard InChI is InChI=1S/C16H18N2O2/c1-2-8-19-15(6-1)18-11-13(10-17-18)14-5-3-4-12-7-9-20-16(12)14/h3-5,10-11,15H,1-2,6-9H2. The molecule has 3 heterocycles. The fourth-order valence-corrected chi connectivity index (χ4v) is 3.01. The van der Waals surface area contributed by atoms with Crippen LogP contribution in [0.1, 0.15) is 31.1 Å². The van der Waals surface area contributed by atoms with Crippen LogP contribution < -0.4 is 4.74 Å². The summed E-state index contributed by atoms with van der Waals surface area (Å²) in [6, 6.07) is 6.34. The fourth-order valence-electron chi connectivity index (χ4n) is 3.01. The number of rotatable bonds is 2. The molecular formula is C16H18N2O2. The molecule has 1 aromatic heterocycles. The first-order valence-electron chi connectivity index (χ1n) is 7.32. The van der Waals surface area contributed by atoms with Crippen molar-refractivity contribution < 1.29 is 9.47 Å². The molecule has 0 aliphatic carbocycles. The van der Waals surface area contributed by atoms with Crippen molar-refractivity contribution >= 4 is 0 Å². The summed E-state index contributed by atoms with van der Waals surface area (Å²) in [6.07, 6.45) is 8.50. The molecule has 0 N–H and O–H groups in total. The molecule has 2 aliphatic rings. The molecule has 1 unspecified atom stereocenters. The Hall–Kier alpha value is -1.81. The predicted octanol–water partition coefficient (Wildman–Crippen LogP) is 3.18. The number of hydrogen-bond acceptors (Lipinski definition) is 3. The van der Waals surface area contributed by atoms with E-state index in [2.05, 4.69) is 29.5 Å². The third kappa shape index (κ3) is 2.00. The van der Waals surface area contributed by atoms with E-state index in [1.807, 2.05) is 10.9 Å². The van der Waals surface area contributed by atoms with E-state index >= 15 is 0 Å². The van der Waals surface area contributed by atoms with Crippen molar-refractivity contribution in [1.29, 1.82) is 0 Å². The molecule has 104 valence electrons. The molecule has 1 aromatic carbocycles. The molecule has 0 saturated carbocycles. The molecule has 4 heteroatoms. The second-order valence-electron chi connectivity index (χ2n) is 5.42. The topological polar surface area (TPSA) is 36.3 Å². The molecule has 0 bridgehead atoms. The van der Waals surface area contributed by atoms with Gasteiger partial charge in [-0.2, -0.15) is 5.10 Å². The lowest BCUT2D eigenvalue weighted by Gasteiger charge is -2.22. The zero-order chi connectivity index (χ0) is 13.4. The highest BCUT2D eigenvalue weighted by Gasteiger charge is 2.20. The third-order valence-electron chi connectivity index (χ3n) is 4.08. The first-order valence-corrected chi connectivity index (χ1v) is 7.32.